The average molecular weight is 442 g/mol. The molecule has 8 nitrogen and oxygen atoms in total. The normalized spacial score (nSPS) is 19.1. The molecule has 2 aromatic rings. The number of benzene rings is 1. The summed E-state index contributed by atoms with van der Waals surface area (Å²) in [6.45, 7) is 8.29. The van der Waals surface area contributed by atoms with Crippen molar-refractivity contribution in [1.29, 1.82) is 0 Å². The summed E-state index contributed by atoms with van der Waals surface area (Å²) in [6, 6.07) is 5.19. The number of carbonyl (C=O) groups is 1. The lowest BCUT2D eigenvalue weighted by Crippen LogP contribution is -2.52. The molecule has 0 radical (unpaired) electrons. The van der Waals surface area contributed by atoms with Gasteiger partial charge in [0.2, 0.25) is 0 Å². The summed E-state index contributed by atoms with van der Waals surface area (Å²) < 4.78 is 14.4. The fourth-order valence-electron chi connectivity index (χ4n) is 4.09. The number of urea groups is 1. The van der Waals surface area contributed by atoms with Crippen molar-refractivity contribution in [2.24, 2.45) is 10.7 Å². The van der Waals surface area contributed by atoms with Crippen LogP contribution in [-0.2, 0) is 6.54 Å². The number of aliphatic imine (C=N–C) groups is 1. The van der Waals surface area contributed by atoms with E-state index in [-0.39, 0.29) is 30.5 Å². The fraction of sp³-hybridized carbons (Fsp3) is 0.435. The standard InChI is InChI=1S/C23H32FN7O/c1-6-18(15-8-9-16(12-25)19(24)11-15)20-21(26-3)28-29-22(20)27-17-10-7-14(2)31(13-17)23(32)30(4)5/h6,8-9,11,14,17H,3,7,10,12-13,25H2,1-2,4-5H3,(H2,27,28,29)/b18-6-/t14-,17+/m0/s1. The number of H-pyrrole nitrogens is 1. The number of hydrogen-bond acceptors (Lipinski definition) is 5. The summed E-state index contributed by atoms with van der Waals surface area (Å²) in [6.07, 6.45) is 3.68. The summed E-state index contributed by atoms with van der Waals surface area (Å²) in [5.41, 5.74) is 8.24. The number of amides is 2. The Labute approximate surface area is 188 Å². The predicted octanol–water partition coefficient (Wildman–Crippen LogP) is 3.74. The Hall–Kier alpha value is -3.20. The maximum Gasteiger partial charge on any atom is 0.319 e. The van der Waals surface area contributed by atoms with Gasteiger partial charge in [0.05, 0.1) is 5.56 Å². The number of anilines is 1. The second kappa shape index (κ2) is 9.95. The van der Waals surface area contributed by atoms with Crippen LogP contribution in [0.5, 0.6) is 0 Å². The van der Waals surface area contributed by atoms with Gasteiger partial charge < -0.3 is 20.9 Å². The zero-order valence-corrected chi connectivity index (χ0v) is 19.2. The number of likely N-dealkylation sites (tertiary alicyclic amines) is 1. The van der Waals surface area contributed by atoms with E-state index in [1.54, 1.807) is 25.1 Å². The van der Waals surface area contributed by atoms with Crippen molar-refractivity contribution in [3.63, 3.8) is 0 Å². The molecule has 2 atom stereocenters. The molecule has 1 aliphatic rings. The van der Waals surface area contributed by atoms with Crippen LogP contribution in [-0.4, -0.2) is 65.5 Å². The molecule has 32 heavy (non-hydrogen) atoms. The molecule has 1 aromatic heterocycles. The van der Waals surface area contributed by atoms with Gasteiger partial charge in [0.25, 0.3) is 0 Å². The van der Waals surface area contributed by atoms with Crippen LogP contribution in [0, 0.1) is 5.82 Å². The Morgan fingerprint density at radius 1 is 1.47 bits per heavy atom. The van der Waals surface area contributed by atoms with Crippen LogP contribution >= 0.6 is 0 Å². The summed E-state index contributed by atoms with van der Waals surface area (Å²) in [7, 11) is 3.52. The fourth-order valence-corrected chi connectivity index (χ4v) is 4.09. The van der Waals surface area contributed by atoms with Gasteiger partial charge in [-0.3, -0.25) is 5.10 Å². The predicted molar refractivity (Wildman–Crippen MR) is 127 cm³/mol. The number of allylic oxidation sites excluding steroid dienone is 1. The van der Waals surface area contributed by atoms with E-state index in [1.165, 1.54) is 6.07 Å². The first-order valence-electron chi connectivity index (χ1n) is 10.8. The maximum atomic E-state index is 14.4. The quantitative estimate of drug-likeness (QED) is 0.594. The minimum Gasteiger partial charge on any atom is -0.365 e. The van der Waals surface area contributed by atoms with Gasteiger partial charge in [0.1, 0.15) is 11.6 Å². The molecule has 0 unspecified atom stereocenters. The Balaban J connectivity index is 1.91. The van der Waals surface area contributed by atoms with E-state index in [4.69, 9.17) is 5.73 Å². The molecule has 2 amide bonds. The average Bonchev–Trinajstić information content (AvgIpc) is 3.17. The van der Waals surface area contributed by atoms with E-state index < -0.39 is 0 Å². The van der Waals surface area contributed by atoms with E-state index in [1.807, 2.05) is 24.0 Å². The molecular formula is C23H32FN7O. The summed E-state index contributed by atoms with van der Waals surface area (Å²) in [4.78, 5) is 20.1. The van der Waals surface area contributed by atoms with Crippen LogP contribution in [0.4, 0.5) is 20.8 Å². The topological polar surface area (TPSA) is 103 Å². The monoisotopic (exact) mass is 441 g/mol. The molecule has 0 spiro atoms. The Bertz CT molecular complexity index is 1010. The van der Waals surface area contributed by atoms with Gasteiger partial charge in [0, 0.05) is 44.8 Å². The second-order valence-corrected chi connectivity index (χ2v) is 8.26. The Morgan fingerprint density at radius 2 is 2.22 bits per heavy atom. The van der Waals surface area contributed by atoms with Gasteiger partial charge in [-0.1, -0.05) is 18.2 Å². The first kappa shape index (κ1) is 23.5. The van der Waals surface area contributed by atoms with Gasteiger partial charge >= 0.3 is 6.03 Å². The third-order valence-corrected chi connectivity index (χ3v) is 5.90. The zero-order chi connectivity index (χ0) is 23.4. The maximum absolute atomic E-state index is 14.4. The van der Waals surface area contributed by atoms with Crippen molar-refractivity contribution in [2.75, 3.05) is 26.0 Å². The first-order valence-corrected chi connectivity index (χ1v) is 10.8. The second-order valence-electron chi connectivity index (χ2n) is 8.26. The van der Waals surface area contributed by atoms with Crippen LogP contribution in [0.3, 0.4) is 0 Å². The highest BCUT2D eigenvalue weighted by Crippen LogP contribution is 2.36. The van der Waals surface area contributed by atoms with Crippen molar-refractivity contribution in [2.45, 2.75) is 45.3 Å². The number of hydrogen-bond donors (Lipinski definition) is 3. The van der Waals surface area contributed by atoms with Crippen molar-refractivity contribution in [3.8, 4) is 0 Å². The first-order chi connectivity index (χ1) is 15.3. The molecule has 0 aliphatic carbocycles. The molecule has 4 N–H and O–H groups in total. The van der Waals surface area contributed by atoms with Gasteiger partial charge in [-0.05, 0) is 50.6 Å². The van der Waals surface area contributed by atoms with Crippen LogP contribution < -0.4 is 11.1 Å². The molecule has 172 valence electrons. The molecule has 2 heterocycles. The molecule has 1 fully saturated rings. The highest BCUT2D eigenvalue weighted by atomic mass is 19.1. The van der Waals surface area contributed by atoms with Crippen LogP contribution in [0.15, 0.2) is 29.3 Å². The smallest absolute Gasteiger partial charge is 0.319 e. The minimum absolute atomic E-state index is 0.00751. The Morgan fingerprint density at radius 3 is 2.81 bits per heavy atom. The largest absolute Gasteiger partial charge is 0.365 e. The van der Waals surface area contributed by atoms with E-state index in [2.05, 4.69) is 34.1 Å². The number of aromatic amines is 1. The number of carbonyl (C=O) groups excluding carboxylic acids is 1. The highest BCUT2D eigenvalue weighted by Gasteiger charge is 2.31. The summed E-state index contributed by atoms with van der Waals surface area (Å²) in [5.74, 6) is 0.740. The number of nitrogens with one attached hydrogen (secondary N) is 2. The molecule has 1 aromatic carbocycles. The van der Waals surface area contributed by atoms with Crippen molar-refractivity contribution < 1.29 is 9.18 Å². The highest BCUT2D eigenvalue weighted by molar-refractivity contribution is 5.90. The van der Waals surface area contributed by atoms with Gasteiger partial charge in [-0.25, -0.2) is 14.2 Å². The number of nitrogens with zero attached hydrogens (tertiary/aromatic N) is 4. The van der Waals surface area contributed by atoms with Gasteiger partial charge in [-0.15, -0.1) is 0 Å². The van der Waals surface area contributed by atoms with Crippen molar-refractivity contribution in [1.82, 2.24) is 20.0 Å². The minimum atomic E-state index is -0.352. The van der Waals surface area contributed by atoms with Crippen molar-refractivity contribution in [3.05, 3.63) is 46.8 Å². The lowest BCUT2D eigenvalue weighted by atomic mass is 9.96. The third kappa shape index (κ3) is 4.67. The summed E-state index contributed by atoms with van der Waals surface area (Å²) >= 11 is 0. The lowest BCUT2D eigenvalue weighted by molar-refractivity contribution is 0.130. The molecule has 3 rings (SSSR count). The summed E-state index contributed by atoms with van der Waals surface area (Å²) in [5, 5.41) is 10.8. The molecule has 0 bridgehead atoms. The van der Waals surface area contributed by atoms with Crippen LogP contribution in [0.25, 0.3) is 5.57 Å². The molecular weight excluding hydrogens is 409 g/mol. The van der Waals surface area contributed by atoms with E-state index in [0.29, 0.717) is 34.9 Å². The molecule has 1 aliphatic heterocycles. The van der Waals surface area contributed by atoms with Gasteiger partial charge in [-0.2, -0.15) is 5.10 Å². The lowest BCUT2D eigenvalue weighted by Gasteiger charge is -2.39. The van der Waals surface area contributed by atoms with Crippen molar-refractivity contribution >= 4 is 30.0 Å². The number of rotatable bonds is 6. The van der Waals surface area contributed by atoms with E-state index in [9.17, 15) is 9.18 Å². The van der Waals surface area contributed by atoms with E-state index in [0.717, 1.165) is 18.4 Å². The van der Waals surface area contributed by atoms with E-state index >= 15 is 0 Å². The van der Waals surface area contributed by atoms with Gasteiger partial charge in [0.15, 0.2) is 5.82 Å². The SMILES string of the molecule is C=Nc1n[nH]c(N[C@@H]2CC[C@H](C)N(C(=O)N(C)C)C2)c1/C(=C\C)c1ccc(CN)c(F)c1. The van der Waals surface area contributed by atoms with Crippen LogP contribution in [0.2, 0.25) is 0 Å². The zero-order valence-electron chi connectivity index (χ0n) is 19.2. The molecule has 1 saturated heterocycles. The molecule has 9 heteroatoms. The number of halogens is 1. The molecule has 0 saturated carbocycles. The number of aromatic nitrogens is 2. The van der Waals surface area contributed by atoms with Crippen LogP contribution in [0.1, 0.15) is 43.4 Å². The number of nitrogens with two attached hydrogens (primary N) is 1. The number of piperidine rings is 1. The Kier molecular flexibility index (Phi) is 7.29. The third-order valence-electron chi connectivity index (χ3n) is 5.90.